The molecule has 3 rings (SSSR count). The fourth-order valence-electron chi connectivity index (χ4n) is 2.48. The van der Waals surface area contributed by atoms with Crippen molar-refractivity contribution in [3.63, 3.8) is 0 Å². The van der Waals surface area contributed by atoms with Crippen molar-refractivity contribution in [1.82, 2.24) is 9.36 Å². The summed E-state index contributed by atoms with van der Waals surface area (Å²) >= 11 is 6.15. The second-order valence-electron chi connectivity index (χ2n) is 5.41. The number of hydrogen-bond donors (Lipinski definition) is 1. The predicted molar refractivity (Wildman–Crippen MR) is 85.9 cm³/mol. The molecule has 1 aliphatic heterocycles. The summed E-state index contributed by atoms with van der Waals surface area (Å²) in [6.07, 6.45) is 2.97. The van der Waals surface area contributed by atoms with E-state index in [2.05, 4.69) is 13.8 Å². The van der Waals surface area contributed by atoms with E-state index < -0.39 is 22.9 Å². The van der Waals surface area contributed by atoms with Crippen LogP contribution in [0.2, 0.25) is 5.15 Å². The van der Waals surface area contributed by atoms with Gasteiger partial charge in [0.1, 0.15) is 11.0 Å². The smallest absolute Gasteiger partial charge is 0.276 e. The standard InChI is InChI=1S/C13H11ClF2N2O2.C3H8/c14-12-11(7-5-10(19)9(16)6-8(7)15)13(20)18-4-2-1-3-17(12)18;1-3-2/h5-6,19H,1-4H2;3H2,1-2H3. The highest BCUT2D eigenvalue weighted by Crippen LogP contribution is 2.32. The van der Waals surface area contributed by atoms with Crippen molar-refractivity contribution < 1.29 is 13.9 Å². The predicted octanol–water partition coefficient (Wildman–Crippen LogP) is 4.16. The van der Waals surface area contributed by atoms with Crippen LogP contribution in [0.5, 0.6) is 5.75 Å². The zero-order valence-electron chi connectivity index (χ0n) is 13.1. The van der Waals surface area contributed by atoms with Gasteiger partial charge in [-0.3, -0.25) is 9.48 Å². The van der Waals surface area contributed by atoms with E-state index in [1.54, 1.807) is 4.68 Å². The maximum absolute atomic E-state index is 13.9. The number of phenols is 1. The van der Waals surface area contributed by atoms with E-state index in [9.17, 15) is 18.7 Å². The Labute approximate surface area is 137 Å². The zero-order valence-corrected chi connectivity index (χ0v) is 13.8. The van der Waals surface area contributed by atoms with Crippen LogP contribution in [0.4, 0.5) is 8.78 Å². The molecule has 1 aromatic carbocycles. The Balaban J connectivity index is 0.000000595. The van der Waals surface area contributed by atoms with E-state index in [1.165, 1.54) is 11.1 Å². The molecule has 0 spiro atoms. The number of aromatic hydroxyl groups is 1. The Kier molecular flexibility index (Phi) is 5.46. The van der Waals surface area contributed by atoms with E-state index in [-0.39, 0.29) is 16.3 Å². The van der Waals surface area contributed by atoms with Gasteiger partial charge in [0.05, 0.1) is 5.56 Å². The summed E-state index contributed by atoms with van der Waals surface area (Å²) in [6.45, 7) is 5.33. The topological polar surface area (TPSA) is 47.2 Å². The first-order valence-corrected chi connectivity index (χ1v) is 7.97. The molecule has 1 aromatic heterocycles. The molecule has 0 bridgehead atoms. The fourth-order valence-corrected chi connectivity index (χ4v) is 2.84. The summed E-state index contributed by atoms with van der Waals surface area (Å²) in [5, 5.41) is 9.48. The first-order valence-electron chi connectivity index (χ1n) is 7.59. The molecule has 0 unspecified atom stereocenters. The average Bonchev–Trinajstić information content (AvgIpc) is 2.76. The molecule has 7 heteroatoms. The second kappa shape index (κ2) is 7.17. The Bertz CT molecular complexity index is 768. The summed E-state index contributed by atoms with van der Waals surface area (Å²) in [5.74, 6) is -2.72. The largest absolute Gasteiger partial charge is 0.505 e. The Morgan fingerprint density at radius 2 is 1.70 bits per heavy atom. The van der Waals surface area contributed by atoms with Gasteiger partial charge in [-0.15, -0.1) is 0 Å². The summed E-state index contributed by atoms with van der Waals surface area (Å²) in [6, 6.07) is 1.43. The lowest BCUT2D eigenvalue weighted by Crippen LogP contribution is -2.27. The molecule has 4 nitrogen and oxygen atoms in total. The minimum Gasteiger partial charge on any atom is -0.505 e. The van der Waals surface area contributed by atoms with Crippen LogP contribution in [-0.2, 0) is 13.1 Å². The van der Waals surface area contributed by atoms with Gasteiger partial charge in [-0.2, -0.15) is 0 Å². The molecule has 0 saturated carbocycles. The number of halogens is 3. The molecular formula is C16H19ClF2N2O2. The second-order valence-corrected chi connectivity index (χ2v) is 5.77. The molecule has 0 radical (unpaired) electrons. The molecule has 23 heavy (non-hydrogen) atoms. The van der Waals surface area contributed by atoms with Crippen LogP contribution in [-0.4, -0.2) is 14.5 Å². The van der Waals surface area contributed by atoms with Crippen LogP contribution in [0.25, 0.3) is 11.1 Å². The highest BCUT2D eigenvalue weighted by atomic mass is 35.5. The van der Waals surface area contributed by atoms with Gasteiger partial charge in [-0.25, -0.2) is 13.5 Å². The zero-order chi connectivity index (χ0) is 17.1. The third-order valence-electron chi connectivity index (χ3n) is 3.47. The van der Waals surface area contributed by atoms with Crippen molar-refractivity contribution in [2.75, 3.05) is 0 Å². The van der Waals surface area contributed by atoms with E-state index in [1.807, 2.05) is 0 Å². The van der Waals surface area contributed by atoms with Gasteiger partial charge in [0.15, 0.2) is 11.6 Å². The molecule has 0 saturated heterocycles. The number of benzene rings is 1. The summed E-state index contributed by atoms with van der Waals surface area (Å²) in [7, 11) is 0. The van der Waals surface area contributed by atoms with E-state index in [0.29, 0.717) is 19.2 Å². The van der Waals surface area contributed by atoms with Crippen molar-refractivity contribution in [2.45, 2.75) is 46.2 Å². The average molecular weight is 345 g/mol. The van der Waals surface area contributed by atoms with Crippen molar-refractivity contribution in [1.29, 1.82) is 0 Å². The quantitative estimate of drug-likeness (QED) is 0.844. The summed E-state index contributed by atoms with van der Waals surface area (Å²) in [4.78, 5) is 12.3. The third-order valence-corrected chi connectivity index (χ3v) is 3.85. The molecule has 0 aliphatic carbocycles. The monoisotopic (exact) mass is 344 g/mol. The van der Waals surface area contributed by atoms with Gasteiger partial charge in [-0.05, 0) is 18.9 Å². The van der Waals surface area contributed by atoms with Crippen LogP contribution in [0, 0.1) is 11.6 Å². The Morgan fingerprint density at radius 3 is 2.26 bits per heavy atom. The normalized spacial score (nSPS) is 13.3. The number of phenolic OH excluding ortho intramolecular Hbond substituents is 1. The lowest BCUT2D eigenvalue weighted by molar-refractivity contribution is 0.356. The molecule has 1 aliphatic rings. The third kappa shape index (κ3) is 3.27. The maximum Gasteiger partial charge on any atom is 0.276 e. The van der Waals surface area contributed by atoms with Gasteiger partial charge in [-0.1, -0.05) is 31.9 Å². The first-order chi connectivity index (χ1) is 10.9. The number of hydrogen-bond acceptors (Lipinski definition) is 2. The van der Waals surface area contributed by atoms with Crippen LogP contribution < -0.4 is 5.56 Å². The molecule has 2 heterocycles. The van der Waals surface area contributed by atoms with E-state index in [4.69, 9.17) is 11.6 Å². The van der Waals surface area contributed by atoms with Gasteiger partial charge >= 0.3 is 0 Å². The molecular weight excluding hydrogens is 326 g/mol. The molecule has 0 atom stereocenters. The van der Waals surface area contributed by atoms with E-state index in [0.717, 1.165) is 18.9 Å². The molecule has 1 N–H and O–H groups in total. The molecule has 2 aromatic rings. The van der Waals surface area contributed by atoms with Gasteiger partial charge < -0.3 is 5.11 Å². The first kappa shape index (κ1) is 17.5. The molecule has 0 amide bonds. The lowest BCUT2D eigenvalue weighted by Gasteiger charge is -2.17. The number of aromatic nitrogens is 2. The number of nitrogens with zero attached hydrogens (tertiary/aromatic N) is 2. The highest BCUT2D eigenvalue weighted by Gasteiger charge is 2.24. The van der Waals surface area contributed by atoms with Crippen LogP contribution in [0.1, 0.15) is 33.1 Å². The number of fused-ring (bicyclic) bond motifs is 1. The molecule has 0 fully saturated rings. The minimum atomic E-state index is -1.08. The SMILES string of the molecule is CCC.O=c1c(-c2cc(O)c(F)cc2F)c(Cl)n2n1CCCC2. The minimum absolute atomic E-state index is 0.0404. The van der Waals surface area contributed by atoms with Gasteiger partial charge in [0.25, 0.3) is 5.56 Å². The Morgan fingerprint density at radius 1 is 1.13 bits per heavy atom. The van der Waals surface area contributed by atoms with Crippen LogP contribution >= 0.6 is 11.6 Å². The number of rotatable bonds is 1. The molecule has 126 valence electrons. The highest BCUT2D eigenvalue weighted by molar-refractivity contribution is 6.32. The lowest BCUT2D eigenvalue weighted by atomic mass is 10.1. The summed E-state index contributed by atoms with van der Waals surface area (Å²) < 4.78 is 30.0. The van der Waals surface area contributed by atoms with Crippen molar-refractivity contribution in [3.05, 3.63) is 39.3 Å². The maximum atomic E-state index is 13.9. The van der Waals surface area contributed by atoms with Crippen LogP contribution in [0.3, 0.4) is 0 Å². The fraction of sp³-hybridized carbons (Fsp3) is 0.438. The van der Waals surface area contributed by atoms with Crippen molar-refractivity contribution >= 4 is 11.6 Å². The van der Waals surface area contributed by atoms with Crippen LogP contribution in [0.15, 0.2) is 16.9 Å². The van der Waals surface area contributed by atoms with Gasteiger partial charge in [0, 0.05) is 24.7 Å². The van der Waals surface area contributed by atoms with Gasteiger partial charge in [0.2, 0.25) is 0 Å². The van der Waals surface area contributed by atoms with Crippen molar-refractivity contribution in [3.8, 4) is 16.9 Å². The Hall–Kier alpha value is -1.82. The van der Waals surface area contributed by atoms with E-state index >= 15 is 0 Å². The van der Waals surface area contributed by atoms with Crippen molar-refractivity contribution in [2.24, 2.45) is 0 Å². The summed E-state index contributed by atoms with van der Waals surface area (Å²) in [5.41, 5.74) is -0.658.